The third-order valence-electron chi connectivity index (χ3n) is 2.88. The smallest absolute Gasteiger partial charge is 0.310 e. The van der Waals surface area contributed by atoms with Gasteiger partial charge in [-0.05, 0) is 30.3 Å². The Bertz CT molecular complexity index is 789. The quantitative estimate of drug-likeness (QED) is 0.581. The maximum absolute atomic E-state index is 10.9. The maximum Gasteiger partial charge on any atom is 0.310 e. The summed E-state index contributed by atoms with van der Waals surface area (Å²) < 4.78 is 0. The van der Waals surface area contributed by atoms with Crippen molar-refractivity contribution in [1.82, 2.24) is 9.97 Å². The fourth-order valence-corrected chi connectivity index (χ4v) is 1.95. The van der Waals surface area contributed by atoms with Gasteiger partial charge in [-0.15, -0.1) is 0 Å². The van der Waals surface area contributed by atoms with Gasteiger partial charge in [-0.2, -0.15) is 0 Å². The van der Waals surface area contributed by atoms with Gasteiger partial charge in [0.1, 0.15) is 11.9 Å². The molecular formula is C14H10N4O2. The average Bonchev–Trinajstić information content (AvgIpc) is 2.47. The minimum atomic E-state index is -0.460. The normalized spacial score (nSPS) is 10.4. The van der Waals surface area contributed by atoms with Crippen LogP contribution in [0.3, 0.4) is 0 Å². The molecule has 0 bridgehead atoms. The van der Waals surface area contributed by atoms with E-state index in [-0.39, 0.29) is 5.69 Å². The number of benzene rings is 1. The van der Waals surface area contributed by atoms with E-state index in [0.717, 1.165) is 16.6 Å². The van der Waals surface area contributed by atoms with Crippen molar-refractivity contribution in [2.45, 2.75) is 0 Å². The molecule has 20 heavy (non-hydrogen) atoms. The summed E-state index contributed by atoms with van der Waals surface area (Å²) in [7, 11) is 0. The highest BCUT2D eigenvalue weighted by molar-refractivity contribution is 5.83. The number of pyridine rings is 2. The molecule has 3 rings (SSSR count). The molecule has 1 aromatic carbocycles. The summed E-state index contributed by atoms with van der Waals surface area (Å²) in [5.74, 6) is 0. The first kappa shape index (κ1) is 12.0. The Kier molecular flexibility index (Phi) is 2.96. The van der Waals surface area contributed by atoms with Crippen LogP contribution in [0.5, 0.6) is 0 Å². The van der Waals surface area contributed by atoms with E-state index in [9.17, 15) is 10.1 Å². The lowest BCUT2D eigenvalue weighted by atomic mass is 10.2. The Morgan fingerprint density at radius 1 is 1.15 bits per heavy atom. The molecule has 2 aromatic heterocycles. The molecule has 6 heteroatoms. The highest BCUT2D eigenvalue weighted by atomic mass is 16.6. The van der Waals surface area contributed by atoms with Crippen molar-refractivity contribution in [3.05, 3.63) is 65.1 Å². The van der Waals surface area contributed by atoms with Gasteiger partial charge >= 0.3 is 5.69 Å². The van der Waals surface area contributed by atoms with Gasteiger partial charge in [-0.3, -0.25) is 20.1 Å². The van der Waals surface area contributed by atoms with Crippen LogP contribution in [0.15, 0.2) is 55.0 Å². The minimum Gasteiger partial charge on any atom is -0.350 e. The van der Waals surface area contributed by atoms with Gasteiger partial charge in [-0.25, -0.2) is 0 Å². The van der Waals surface area contributed by atoms with Crippen LogP contribution in [-0.4, -0.2) is 14.9 Å². The molecule has 0 amide bonds. The summed E-state index contributed by atoms with van der Waals surface area (Å²) in [6.07, 6.45) is 4.46. The second-order valence-electron chi connectivity index (χ2n) is 4.19. The molecule has 0 radical (unpaired) electrons. The number of anilines is 2. The van der Waals surface area contributed by atoms with Gasteiger partial charge in [0.05, 0.1) is 10.4 Å². The molecule has 0 aliphatic heterocycles. The Balaban J connectivity index is 1.99. The van der Waals surface area contributed by atoms with Gasteiger partial charge in [-0.1, -0.05) is 6.07 Å². The monoisotopic (exact) mass is 266 g/mol. The van der Waals surface area contributed by atoms with E-state index < -0.39 is 4.92 Å². The average molecular weight is 266 g/mol. The lowest BCUT2D eigenvalue weighted by Gasteiger charge is -2.07. The lowest BCUT2D eigenvalue weighted by Crippen LogP contribution is -1.97. The topological polar surface area (TPSA) is 81.0 Å². The summed E-state index contributed by atoms with van der Waals surface area (Å²) in [6, 6.07) is 11.0. The Hall–Kier alpha value is -3.02. The molecular weight excluding hydrogens is 256 g/mol. The fourth-order valence-electron chi connectivity index (χ4n) is 1.95. The van der Waals surface area contributed by atoms with Crippen LogP contribution < -0.4 is 5.32 Å². The number of hydrogen-bond acceptors (Lipinski definition) is 5. The standard InChI is InChI=1S/C14H10N4O2/c19-18(20)14-9-15-7-5-13(14)17-11-3-4-12-10(8-11)2-1-6-16-12/h1-9H,(H,15,17). The lowest BCUT2D eigenvalue weighted by molar-refractivity contribution is -0.384. The highest BCUT2D eigenvalue weighted by Crippen LogP contribution is 2.27. The minimum absolute atomic E-state index is 0.0567. The summed E-state index contributed by atoms with van der Waals surface area (Å²) in [5, 5.41) is 14.9. The van der Waals surface area contributed by atoms with E-state index >= 15 is 0 Å². The predicted octanol–water partition coefficient (Wildman–Crippen LogP) is 3.28. The first-order valence-electron chi connectivity index (χ1n) is 5.94. The molecule has 0 saturated carbocycles. The fraction of sp³-hybridized carbons (Fsp3) is 0. The van der Waals surface area contributed by atoms with Crippen LogP contribution in [0.2, 0.25) is 0 Å². The van der Waals surface area contributed by atoms with E-state index in [4.69, 9.17) is 0 Å². The molecule has 0 fully saturated rings. The zero-order valence-electron chi connectivity index (χ0n) is 10.4. The van der Waals surface area contributed by atoms with Gasteiger partial charge in [0.25, 0.3) is 0 Å². The number of hydrogen-bond donors (Lipinski definition) is 1. The zero-order chi connectivity index (χ0) is 13.9. The maximum atomic E-state index is 10.9. The predicted molar refractivity (Wildman–Crippen MR) is 75.9 cm³/mol. The highest BCUT2D eigenvalue weighted by Gasteiger charge is 2.13. The molecule has 98 valence electrons. The number of nitrogens with one attached hydrogen (secondary N) is 1. The van der Waals surface area contributed by atoms with Crippen LogP contribution in [0.25, 0.3) is 10.9 Å². The van der Waals surface area contributed by atoms with Crippen LogP contribution in [0.1, 0.15) is 0 Å². The number of aromatic nitrogens is 2. The SMILES string of the molecule is O=[N+]([O-])c1cnccc1Nc1ccc2ncccc2c1. The molecule has 2 heterocycles. The molecule has 3 aromatic rings. The summed E-state index contributed by atoms with van der Waals surface area (Å²) in [5.41, 5.74) is 1.99. The van der Waals surface area contributed by atoms with E-state index in [2.05, 4.69) is 15.3 Å². The number of nitrogens with zero attached hydrogens (tertiary/aromatic N) is 3. The van der Waals surface area contributed by atoms with E-state index in [0.29, 0.717) is 5.69 Å². The third kappa shape index (κ3) is 2.26. The van der Waals surface area contributed by atoms with Crippen LogP contribution in [-0.2, 0) is 0 Å². The van der Waals surface area contributed by atoms with Gasteiger partial charge < -0.3 is 5.32 Å². The molecule has 0 spiro atoms. The molecule has 0 saturated heterocycles. The van der Waals surface area contributed by atoms with Crippen molar-refractivity contribution in [1.29, 1.82) is 0 Å². The van der Waals surface area contributed by atoms with E-state index in [1.807, 2.05) is 30.3 Å². The summed E-state index contributed by atoms with van der Waals surface area (Å²) >= 11 is 0. The molecule has 0 aliphatic rings. The van der Waals surface area contributed by atoms with Crippen molar-refractivity contribution in [3.8, 4) is 0 Å². The van der Waals surface area contributed by atoms with Crippen molar-refractivity contribution in [3.63, 3.8) is 0 Å². The largest absolute Gasteiger partial charge is 0.350 e. The molecule has 0 unspecified atom stereocenters. The Morgan fingerprint density at radius 2 is 2.05 bits per heavy atom. The summed E-state index contributed by atoms with van der Waals surface area (Å²) in [4.78, 5) is 18.5. The van der Waals surface area contributed by atoms with Crippen LogP contribution >= 0.6 is 0 Å². The van der Waals surface area contributed by atoms with Crippen LogP contribution in [0.4, 0.5) is 17.1 Å². The first-order chi connectivity index (χ1) is 9.74. The van der Waals surface area contributed by atoms with Crippen molar-refractivity contribution >= 4 is 28.0 Å². The van der Waals surface area contributed by atoms with Crippen LogP contribution in [0, 0.1) is 10.1 Å². The Labute approximate surface area is 114 Å². The second kappa shape index (κ2) is 4.93. The number of rotatable bonds is 3. The Morgan fingerprint density at radius 3 is 2.90 bits per heavy atom. The second-order valence-corrected chi connectivity index (χ2v) is 4.19. The number of fused-ring (bicyclic) bond motifs is 1. The third-order valence-corrected chi connectivity index (χ3v) is 2.88. The van der Waals surface area contributed by atoms with E-state index in [1.54, 1.807) is 12.3 Å². The van der Waals surface area contributed by atoms with E-state index in [1.165, 1.54) is 12.4 Å². The van der Waals surface area contributed by atoms with Gasteiger partial charge in [0, 0.05) is 23.5 Å². The van der Waals surface area contributed by atoms with Crippen molar-refractivity contribution in [2.75, 3.05) is 5.32 Å². The molecule has 1 N–H and O–H groups in total. The van der Waals surface area contributed by atoms with Crippen molar-refractivity contribution < 1.29 is 4.92 Å². The van der Waals surface area contributed by atoms with Gasteiger partial charge in [0.15, 0.2) is 0 Å². The molecule has 6 nitrogen and oxygen atoms in total. The van der Waals surface area contributed by atoms with Gasteiger partial charge in [0.2, 0.25) is 0 Å². The summed E-state index contributed by atoms with van der Waals surface area (Å²) in [6.45, 7) is 0. The molecule has 0 atom stereocenters. The first-order valence-corrected chi connectivity index (χ1v) is 5.94. The zero-order valence-corrected chi connectivity index (χ0v) is 10.4. The molecule has 0 aliphatic carbocycles. The van der Waals surface area contributed by atoms with Crippen molar-refractivity contribution in [2.24, 2.45) is 0 Å². The number of nitro groups is 1.